The van der Waals surface area contributed by atoms with Gasteiger partial charge in [-0.3, -0.25) is 9.59 Å². The number of hydrogen-bond donors (Lipinski definition) is 4. The third-order valence-electron chi connectivity index (χ3n) is 6.43. The first-order chi connectivity index (χ1) is 14.7. The molecule has 8 atom stereocenters. The molecule has 0 unspecified atom stereocenters. The quantitative estimate of drug-likeness (QED) is 0.396. The fraction of sp³-hybridized carbons (Fsp3) is 0.739. The highest BCUT2D eigenvalue weighted by Crippen LogP contribution is 2.44. The fourth-order valence-corrected chi connectivity index (χ4v) is 4.51. The first-order valence-electron chi connectivity index (χ1n) is 11.4. The first-order valence-corrected chi connectivity index (χ1v) is 11.0. The molecular formula is C23H36O7. The van der Waals surface area contributed by atoms with Gasteiger partial charge >= 0.3 is 11.9 Å². The van der Waals surface area contributed by atoms with Gasteiger partial charge in [0, 0.05) is 12.3 Å². The average molecular weight is 426 g/mol. The summed E-state index contributed by atoms with van der Waals surface area (Å²) in [6, 6.07) is 0. The number of aliphatic hydroxyl groups excluding tert-OH is 3. The van der Waals surface area contributed by atoms with Gasteiger partial charge in [-0.25, -0.2) is 0 Å². The molecule has 0 aromatic rings. The van der Waals surface area contributed by atoms with E-state index in [1.54, 1.807) is 0 Å². The maximum Gasteiger partial charge on any atom is 0.308 e. The summed E-state index contributed by atoms with van der Waals surface area (Å²) < 4.78 is 12.4. The highest BCUT2D eigenvalue weighted by Gasteiger charge is 2.42. The van der Waals surface area contributed by atoms with Gasteiger partial charge in [-0.05, 0) is 43.1 Å². The summed E-state index contributed by atoms with van der Waals surface area (Å²) in [6.07, 6.45) is 4.68. The van der Waals surface area contributed by atoms with Crippen LogP contribution in [-0.2, 0) is 14.3 Å². The molecule has 30 heavy (non-hydrogen) atoms. The van der Waals surface area contributed by atoms with Crippen molar-refractivity contribution in [3.05, 3.63) is 23.8 Å². The number of fused-ring (bicyclic) bond motifs is 1. The predicted molar refractivity (Wildman–Crippen MR) is 111 cm³/mol. The monoisotopic (exact) mass is 425 g/mol. The number of aliphatic carboxylic acids is 1. The topological polar surface area (TPSA) is 124 Å². The van der Waals surface area contributed by atoms with Crippen LogP contribution in [0.3, 0.4) is 0 Å². The standard InChI is InChI=1S/C23H36O7/c1-4-13(2)23(29)30-20-11-17(25)9-15-6-5-14(3)19(22(15)20)8-7-16(24)10-18(26)12-21(27)28/h5-6,9,13-14,16-20,22,24-26H,4,7-8,10-12H2,1-3H3,(H,27,28)/t13-,14-,16+,17+,18+,19-,20-,22-/m0/s1/i/hD. The van der Waals surface area contributed by atoms with Crippen LogP contribution in [0.1, 0.15) is 59.3 Å². The fourth-order valence-electron chi connectivity index (χ4n) is 4.51. The van der Waals surface area contributed by atoms with E-state index < -0.39 is 30.4 Å². The molecule has 0 radical (unpaired) electrons. The van der Waals surface area contributed by atoms with E-state index in [0.29, 0.717) is 25.7 Å². The molecule has 170 valence electrons. The van der Waals surface area contributed by atoms with E-state index in [2.05, 4.69) is 18.1 Å². The Bertz CT molecular complexity index is 677. The number of esters is 1. The van der Waals surface area contributed by atoms with Crippen LogP contribution in [0.5, 0.6) is 0 Å². The lowest BCUT2D eigenvalue weighted by Gasteiger charge is -2.43. The van der Waals surface area contributed by atoms with Crippen molar-refractivity contribution in [3.63, 3.8) is 0 Å². The van der Waals surface area contributed by atoms with E-state index in [1.807, 2.05) is 26.0 Å². The minimum absolute atomic E-state index is 0.0184. The number of carbonyl (C=O) groups is 2. The van der Waals surface area contributed by atoms with Crippen molar-refractivity contribution in [2.45, 2.75) is 83.7 Å². The molecule has 4 N–H and O–H groups in total. The molecule has 0 aromatic heterocycles. The van der Waals surface area contributed by atoms with Crippen LogP contribution in [0.2, 0.25) is 0 Å². The summed E-state index contributed by atoms with van der Waals surface area (Å²) in [7, 11) is 0. The predicted octanol–water partition coefficient (Wildman–Crippen LogP) is 2.44. The maximum absolute atomic E-state index is 12.5. The van der Waals surface area contributed by atoms with Crippen molar-refractivity contribution in [3.8, 4) is 0 Å². The van der Waals surface area contributed by atoms with Gasteiger partial charge in [0.25, 0.3) is 1.43 Å². The Morgan fingerprint density at radius 1 is 1.33 bits per heavy atom. The second-order valence-corrected chi connectivity index (χ2v) is 8.86. The van der Waals surface area contributed by atoms with Gasteiger partial charge in [0.2, 0.25) is 0 Å². The average Bonchev–Trinajstić information content (AvgIpc) is 2.72. The van der Waals surface area contributed by atoms with Crippen LogP contribution >= 0.6 is 0 Å². The Hall–Kier alpha value is -1.70. The van der Waals surface area contributed by atoms with Crippen molar-refractivity contribution in [2.24, 2.45) is 23.7 Å². The summed E-state index contributed by atoms with van der Waals surface area (Å²) >= 11 is 0. The molecule has 2 rings (SSSR count). The number of aliphatic hydroxyl groups is 3. The lowest BCUT2D eigenvalue weighted by atomic mass is 9.66. The Labute approximate surface area is 179 Å². The third-order valence-corrected chi connectivity index (χ3v) is 6.43. The summed E-state index contributed by atoms with van der Waals surface area (Å²) in [6.45, 7) is 5.85. The molecule has 2 aliphatic carbocycles. The van der Waals surface area contributed by atoms with Crippen LogP contribution in [0.15, 0.2) is 23.8 Å². The molecule has 7 nitrogen and oxygen atoms in total. The Morgan fingerprint density at radius 3 is 2.73 bits per heavy atom. The van der Waals surface area contributed by atoms with Crippen LogP contribution in [0, 0.1) is 23.7 Å². The van der Waals surface area contributed by atoms with Gasteiger partial charge in [0.1, 0.15) is 6.10 Å². The number of carbonyl (C=O) groups excluding carboxylic acids is 1. The normalized spacial score (nSPS) is 31.6. The number of carboxylic acids is 1. The van der Waals surface area contributed by atoms with E-state index in [0.717, 1.165) is 5.57 Å². The zero-order chi connectivity index (χ0) is 23.1. The van der Waals surface area contributed by atoms with E-state index in [4.69, 9.17) is 6.17 Å². The molecule has 0 amide bonds. The smallest absolute Gasteiger partial charge is 0.308 e. The van der Waals surface area contributed by atoms with Crippen molar-refractivity contribution < 1.29 is 34.8 Å². The van der Waals surface area contributed by atoms with Crippen molar-refractivity contribution in [2.75, 3.05) is 0 Å². The number of rotatable bonds is 10. The van der Waals surface area contributed by atoms with Crippen LogP contribution in [0.4, 0.5) is 0 Å². The van der Waals surface area contributed by atoms with Gasteiger partial charge in [0.15, 0.2) is 0 Å². The van der Waals surface area contributed by atoms with E-state index in [9.17, 15) is 24.9 Å². The molecule has 0 spiro atoms. The van der Waals surface area contributed by atoms with E-state index in [-0.39, 0.29) is 42.5 Å². The van der Waals surface area contributed by atoms with Gasteiger partial charge in [-0.15, -0.1) is 0 Å². The van der Waals surface area contributed by atoms with Crippen LogP contribution in [-0.4, -0.2) is 56.8 Å². The lowest BCUT2D eigenvalue weighted by Crippen LogP contribution is -2.43. The Morgan fingerprint density at radius 2 is 2.07 bits per heavy atom. The molecule has 0 bridgehead atoms. The Balaban J connectivity index is 2.06. The molecule has 0 saturated heterocycles. The molecule has 0 heterocycles. The summed E-state index contributed by atoms with van der Waals surface area (Å²) in [4.78, 5) is 23.6. The molecule has 0 saturated carbocycles. The van der Waals surface area contributed by atoms with Gasteiger partial charge < -0.3 is 25.2 Å². The molecule has 0 aliphatic heterocycles. The van der Waals surface area contributed by atoms with Crippen molar-refractivity contribution in [1.29, 1.82) is 1.43 Å². The van der Waals surface area contributed by atoms with Crippen molar-refractivity contribution in [1.82, 2.24) is 0 Å². The second-order valence-electron chi connectivity index (χ2n) is 8.86. The highest BCUT2D eigenvalue weighted by molar-refractivity contribution is 5.72. The molecular weight excluding hydrogens is 388 g/mol. The first kappa shape index (κ1) is 23.0. The van der Waals surface area contributed by atoms with Crippen molar-refractivity contribution >= 4 is 11.9 Å². The maximum atomic E-state index is 12.5. The Kier molecular flexibility index (Phi) is 8.48. The number of allylic oxidation sites excluding steroid dienone is 2. The molecule has 0 fully saturated rings. The third kappa shape index (κ3) is 6.65. The van der Waals surface area contributed by atoms with Crippen LogP contribution in [0.25, 0.3) is 1.43 Å². The van der Waals surface area contributed by atoms with Gasteiger partial charge in [-0.2, -0.15) is 0 Å². The number of ether oxygens (including phenoxy) is 1. The summed E-state index contributed by atoms with van der Waals surface area (Å²) in [5, 5.41) is 34.3. The SMILES string of the molecule is [2H]OC(=O)C[C@H](O)C[C@H](O)CC[C@@H]1[C@@H]2C(=C[C@@H](O)C[C@@H]2OC(=O)[C@@H](C)CC)C=C[C@@H]1C. The summed E-state index contributed by atoms with van der Waals surface area (Å²) in [5.74, 6) is -1.08. The second kappa shape index (κ2) is 11.1. The largest absolute Gasteiger partial charge is 0.481 e. The summed E-state index contributed by atoms with van der Waals surface area (Å²) in [5.41, 5.74) is 0.955. The highest BCUT2D eigenvalue weighted by atomic mass is 16.5. The zero-order valence-corrected chi connectivity index (χ0v) is 18.1. The molecule has 0 aromatic carbocycles. The van der Waals surface area contributed by atoms with E-state index in [1.165, 1.54) is 0 Å². The lowest BCUT2D eigenvalue weighted by molar-refractivity contribution is -0.159. The van der Waals surface area contributed by atoms with Gasteiger partial charge in [-0.1, -0.05) is 39.0 Å². The number of hydrogen-bond acceptors (Lipinski definition) is 7. The minimum atomic E-state index is -1.07. The molecule has 2 aliphatic rings. The van der Waals surface area contributed by atoms with E-state index >= 15 is 0 Å². The molecule has 7 heteroatoms. The van der Waals surface area contributed by atoms with Crippen LogP contribution < -0.4 is 0 Å². The minimum Gasteiger partial charge on any atom is -0.481 e. The zero-order valence-electron chi connectivity index (χ0n) is 19.1. The van der Waals surface area contributed by atoms with Gasteiger partial charge in [0.05, 0.1) is 30.7 Å². The number of carboxylic acid groups (broad SMARTS) is 1.